The standard InChI is InChI=1S/C23H24F3N7O4/c24-23(25,26)19-17(14-33(31-19)16-4-2-1-3-5-16)20(34)27-10-11-28-22(36)32-12-7-15(8-13-32)30-21(35)18-6-9-29-37-18/h1-6,9,14-15H,7-8,10-13H2,(H,27,34)(H,28,36)(H,30,35). The second kappa shape index (κ2) is 11.1. The number of halogens is 3. The minimum atomic E-state index is -4.82. The van der Waals surface area contributed by atoms with Crippen molar-refractivity contribution in [3.8, 4) is 5.69 Å². The number of likely N-dealkylation sites (tertiary alicyclic amines) is 1. The Hall–Kier alpha value is -4.36. The van der Waals surface area contributed by atoms with E-state index in [-0.39, 0.29) is 36.8 Å². The maximum absolute atomic E-state index is 13.5. The number of piperidine rings is 1. The number of rotatable bonds is 7. The van der Waals surface area contributed by atoms with Gasteiger partial charge in [0.05, 0.1) is 17.4 Å². The molecule has 1 aliphatic heterocycles. The summed E-state index contributed by atoms with van der Waals surface area (Å²) in [6.45, 7) is 0.726. The number of alkyl halides is 3. The summed E-state index contributed by atoms with van der Waals surface area (Å²) in [5.74, 6) is -1.22. The third-order valence-corrected chi connectivity index (χ3v) is 5.71. The first-order valence-corrected chi connectivity index (χ1v) is 11.5. The van der Waals surface area contributed by atoms with Gasteiger partial charge in [0.15, 0.2) is 5.69 Å². The number of nitrogens with one attached hydrogen (secondary N) is 3. The zero-order valence-corrected chi connectivity index (χ0v) is 19.5. The third kappa shape index (κ3) is 6.45. The number of carbonyl (C=O) groups excluding carboxylic acids is 3. The van der Waals surface area contributed by atoms with Crippen LogP contribution in [0, 0.1) is 0 Å². The van der Waals surface area contributed by atoms with E-state index in [1.54, 1.807) is 35.2 Å². The Bertz CT molecular complexity index is 1220. The molecule has 1 aromatic carbocycles. The molecule has 0 atom stereocenters. The lowest BCUT2D eigenvalue weighted by Gasteiger charge is -2.32. The molecule has 0 aliphatic carbocycles. The zero-order valence-electron chi connectivity index (χ0n) is 19.5. The summed E-state index contributed by atoms with van der Waals surface area (Å²) in [6.07, 6.45) is -1.35. The molecule has 11 nitrogen and oxygen atoms in total. The van der Waals surface area contributed by atoms with Crippen molar-refractivity contribution < 1.29 is 32.1 Å². The van der Waals surface area contributed by atoms with Crippen LogP contribution in [0.15, 0.2) is 53.3 Å². The normalized spacial score (nSPS) is 14.3. The van der Waals surface area contributed by atoms with Gasteiger partial charge in [0, 0.05) is 44.5 Å². The molecule has 1 fully saturated rings. The lowest BCUT2D eigenvalue weighted by atomic mass is 10.1. The highest BCUT2D eigenvalue weighted by Crippen LogP contribution is 2.31. The fourth-order valence-corrected chi connectivity index (χ4v) is 3.83. The Labute approximate surface area is 209 Å². The number of para-hydroxylation sites is 1. The van der Waals surface area contributed by atoms with Gasteiger partial charge in [-0.3, -0.25) is 9.59 Å². The maximum Gasteiger partial charge on any atom is 0.435 e. The highest BCUT2D eigenvalue weighted by Gasteiger charge is 2.39. The van der Waals surface area contributed by atoms with Crippen LogP contribution in [0.1, 0.15) is 39.4 Å². The van der Waals surface area contributed by atoms with Gasteiger partial charge in [-0.2, -0.15) is 18.3 Å². The van der Waals surface area contributed by atoms with Crippen LogP contribution in [0.3, 0.4) is 0 Å². The number of amides is 4. The molecule has 4 amide bonds. The van der Waals surface area contributed by atoms with E-state index in [1.807, 2.05) is 0 Å². The second-order valence-corrected chi connectivity index (χ2v) is 8.27. The average Bonchev–Trinajstić information content (AvgIpc) is 3.58. The Kier molecular flexibility index (Phi) is 7.74. The highest BCUT2D eigenvalue weighted by atomic mass is 19.4. The molecule has 0 bridgehead atoms. The van der Waals surface area contributed by atoms with E-state index in [0.717, 1.165) is 10.9 Å². The summed E-state index contributed by atoms with van der Waals surface area (Å²) in [7, 11) is 0. The molecular weight excluding hydrogens is 495 g/mol. The van der Waals surface area contributed by atoms with Crippen molar-refractivity contribution in [2.24, 2.45) is 0 Å². The van der Waals surface area contributed by atoms with E-state index < -0.39 is 23.3 Å². The maximum atomic E-state index is 13.5. The molecule has 0 spiro atoms. The SMILES string of the molecule is O=C(NC1CCN(C(=O)NCCNC(=O)c2cn(-c3ccccc3)nc2C(F)(F)F)CC1)c1ccno1. The van der Waals surface area contributed by atoms with Crippen LogP contribution < -0.4 is 16.0 Å². The highest BCUT2D eigenvalue weighted by molar-refractivity contribution is 5.95. The molecule has 1 aliphatic rings. The van der Waals surface area contributed by atoms with E-state index in [2.05, 4.69) is 26.2 Å². The van der Waals surface area contributed by atoms with Crippen molar-refractivity contribution in [3.05, 3.63) is 65.8 Å². The summed E-state index contributed by atoms with van der Waals surface area (Å²) in [4.78, 5) is 38.5. The Morgan fingerprint density at radius 1 is 1.00 bits per heavy atom. The summed E-state index contributed by atoms with van der Waals surface area (Å²) in [5, 5.41) is 14.9. The van der Waals surface area contributed by atoms with Crippen LogP contribution in [0.4, 0.5) is 18.0 Å². The minimum absolute atomic E-state index is 0.0148. The van der Waals surface area contributed by atoms with Crippen molar-refractivity contribution in [1.29, 1.82) is 0 Å². The minimum Gasteiger partial charge on any atom is -0.351 e. The summed E-state index contributed by atoms with van der Waals surface area (Å²) >= 11 is 0. The van der Waals surface area contributed by atoms with Crippen LogP contribution in [0.2, 0.25) is 0 Å². The molecule has 3 aromatic rings. The predicted octanol–water partition coefficient (Wildman–Crippen LogP) is 2.21. The molecule has 37 heavy (non-hydrogen) atoms. The fourth-order valence-electron chi connectivity index (χ4n) is 3.83. The average molecular weight is 519 g/mol. The van der Waals surface area contributed by atoms with Crippen molar-refractivity contribution >= 4 is 17.8 Å². The van der Waals surface area contributed by atoms with Gasteiger partial charge in [-0.25, -0.2) is 9.48 Å². The first kappa shape index (κ1) is 25.7. The van der Waals surface area contributed by atoms with Gasteiger partial charge in [-0.15, -0.1) is 0 Å². The van der Waals surface area contributed by atoms with E-state index in [0.29, 0.717) is 31.6 Å². The van der Waals surface area contributed by atoms with E-state index in [4.69, 9.17) is 4.52 Å². The van der Waals surface area contributed by atoms with Crippen LogP contribution in [0.5, 0.6) is 0 Å². The first-order chi connectivity index (χ1) is 17.7. The number of benzene rings is 1. The number of nitrogens with zero attached hydrogens (tertiary/aromatic N) is 4. The first-order valence-electron chi connectivity index (χ1n) is 11.5. The van der Waals surface area contributed by atoms with Gasteiger partial charge in [-0.05, 0) is 25.0 Å². The van der Waals surface area contributed by atoms with Crippen molar-refractivity contribution in [3.63, 3.8) is 0 Å². The zero-order chi connectivity index (χ0) is 26.4. The van der Waals surface area contributed by atoms with Crippen molar-refractivity contribution in [1.82, 2.24) is 35.8 Å². The van der Waals surface area contributed by atoms with Gasteiger partial charge in [0.2, 0.25) is 5.76 Å². The number of hydrogen-bond acceptors (Lipinski definition) is 6. The molecule has 0 saturated carbocycles. The predicted molar refractivity (Wildman–Crippen MR) is 123 cm³/mol. The van der Waals surface area contributed by atoms with E-state index >= 15 is 0 Å². The Morgan fingerprint density at radius 3 is 2.35 bits per heavy atom. The Morgan fingerprint density at radius 2 is 1.70 bits per heavy atom. The molecule has 196 valence electrons. The molecular formula is C23H24F3N7O4. The quantitative estimate of drug-likeness (QED) is 0.410. The van der Waals surface area contributed by atoms with Crippen molar-refractivity contribution in [2.45, 2.75) is 25.1 Å². The Balaban J connectivity index is 1.23. The largest absolute Gasteiger partial charge is 0.435 e. The summed E-state index contributed by atoms with van der Waals surface area (Å²) < 4.78 is 46.2. The lowest BCUT2D eigenvalue weighted by molar-refractivity contribution is -0.141. The second-order valence-electron chi connectivity index (χ2n) is 8.27. The molecule has 4 rings (SSSR count). The van der Waals surface area contributed by atoms with Crippen LogP contribution in [-0.2, 0) is 6.18 Å². The van der Waals surface area contributed by atoms with E-state index in [1.165, 1.54) is 12.3 Å². The van der Waals surface area contributed by atoms with Crippen LogP contribution in [0.25, 0.3) is 5.69 Å². The third-order valence-electron chi connectivity index (χ3n) is 5.71. The molecule has 3 heterocycles. The number of hydrogen-bond donors (Lipinski definition) is 3. The van der Waals surface area contributed by atoms with Crippen LogP contribution >= 0.6 is 0 Å². The molecule has 0 radical (unpaired) electrons. The van der Waals surface area contributed by atoms with Crippen LogP contribution in [-0.4, -0.2) is 69.9 Å². The monoisotopic (exact) mass is 519 g/mol. The number of aromatic nitrogens is 3. The van der Waals surface area contributed by atoms with Gasteiger partial charge in [0.25, 0.3) is 11.8 Å². The molecule has 2 aromatic heterocycles. The van der Waals surface area contributed by atoms with Crippen molar-refractivity contribution in [2.75, 3.05) is 26.2 Å². The summed E-state index contributed by atoms with van der Waals surface area (Å²) in [5.41, 5.74) is -1.53. The number of carbonyl (C=O) groups is 3. The van der Waals surface area contributed by atoms with Gasteiger partial charge >= 0.3 is 12.2 Å². The molecule has 3 N–H and O–H groups in total. The van der Waals surface area contributed by atoms with Gasteiger partial charge < -0.3 is 25.4 Å². The fraction of sp³-hybridized carbons (Fsp3) is 0.348. The summed E-state index contributed by atoms with van der Waals surface area (Å²) in [6, 6.07) is 9.09. The van der Waals surface area contributed by atoms with E-state index in [9.17, 15) is 27.6 Å². The molecule has 1 saturated heterocycles. The lowest BCUT2D eigenvalue weighted by Crippen LogP contribution is -2.50. The smallest absolute Gasteiger partial charge is 0.351 e. The topological polar surface area (TPSA) is 134 Å². The van der Waals surface area contributed by atoms with Gasteiger partial charge in [-0.1, -0.05) is 23.4 Å². The molecule has 14 heteroatoms. The number of urea groups is 1. The molecule has 0 unspecified atom stereocenters. The van der Waals surface area contributed by atoms with Gasteiger partial charge in [0.1, 0.15) is 0 Å².